The molecule has 178 valence electrons. The summed E-state index contributed by atoms with van der Waals surface area (Å²) in [6.45, 7) is 0.189. The highest BCUT2D eigenvalue weighted by atomic mass is 16.5. The molecule has 1 heterocycles. The molecule has 5 rings (SSSR count). The molecule has 35 heavy (non-hydrogen) atoms. The topological polar surface area (TPSA) is 131 Å². The molecule has 0 radical (unpaired) electrons. The van der Waals surface area contributed by atoms with E-state index in [9.17, 15) is 14.4 Å². The van der Waals surface area contributed by atoms with Crippen molar-refractivity contribution in [1.82, 2.24) is 20.6 Å². The van der Waals surface area contributed by atoms with E-state index in [-0.39, 0.29) is 36.4 Å². The Morgan fingerprint density at radius 1 is 0.971 bits per heavy atom. The molecule has 2 aromatic carbocycles. The Kier molecular flexibility index (Phi) is 5.90. The van der Waals surface area contributed by atoms with Crippen LogP contribution in [-0.4, -0.2) is 45.2 Å². The number of aromatic carboxylic acids is 1. The van der Waals surface area contributed by atoms with E-state index in [0.29, 0.717) is 12.8 Å². The van der Waals surface area contributed by atoms with Gasteiger partial charge in [0.1, 0.15) is 18.0 Å². The number of hydrogen-bond donors (Lipinski definition) is 3. The summed E-state index contributed by atoms with van der Waals surface area (Å²) in [4.78, 5) is 44.4. The third kappa shape index (κ3) is 4.32. The van der Waals surface area contributed by atoms with Crippen LogP contribution in [0.25, 0.3) is 11.1 Å². The standard InChI is InChI=1S/C26H24N4O5/c31-23(32)16-12-27-22(28-13-16)14-29-24(33)26(10-5-11-26)30-25(34)35-15-21-19-8-3-1-6-17(19)18-7-2-4-9-20(18)21/h1-4,6-9,12-13,21H,5,10-11,14-15H2,(H,29,33)(H,30,34)(H,31,32). The van der Waals surface area contributed by atoms with Gasteiger partial charge in [0.15, 0.2) is 0 Å². The van der Waals surface area contributed by atoms with Gasteiger partial charge in [0.05, 0.1) is 12.1 Å². The highest BCUT2D eigenvalue weighted by Crippen LogP contribution is 2.44. The Hall–Kier alpha value is -4.27. The summed E-state index contributed by atoms with van der Waals surface area (Å²) in [6.07, 6.45) is 3.55. The van der Waals surface area contributed by atoms with Gasteiger partial charge in [-0.05, 0) is 41.5 Å². The van der Waals surface area contributed by atoms with Gasteiger partial charge in [0, 0.05) is 18.3 Å². The Labute approximate surface area is 201 Å². The minimum atomic E-state index is -1.12. The summed E-state index contributed by atoms with van der Waals surface area (Å²) < 4.78 is 5.61. The van der Waals surface area contributed by atoms with E-state index >= 15 is 0 Å². The molecule has 3 N–H and O–H groups in total. The van der Waals surface area contributed by atoms with E-state index in [4.69, 9.17) is 9.84 Å². The zero-order chi connectivity index (χ0) is 24.4. The van der Waals surface area contributed by atoms with E-state index in [2.05, 4.69) is 32.7 Å². The Bertz CT molecular complexity index is 1240. The Morgan fingerprint density at radius 2 is 1.57 bits per heavy atom. The van der Waals surface area contributed by atoms with Crippen LogP contribution in [0.4, 0.5) is 4.79 Å². The maximum absolute atomic E-state index is 12.9. The number of rotatable bonds is 7. The normalized spacial score (nSPS) is 15.3. The molecule has 1 fully saturated rings. The van der Waals surface area contributed by atoms with Crippen molar-refractivity contribution in [3.63, 3.8) is 0 Å². The zero-order valence-corrected chi connectivity index (χ0v) is 18.9. The molecular weight excluding hydrogens is 448 g/mol. The molecule has 0 spiro atoms. The van der Waals surface area contributed by atoms with Crippen molar-refractivity contribution in [2.75, 3.05) is 6.61 Å². The third-order valence-electron chi connectivity index (χ3n) is 6.69. The zero-order valence-electron chi connectivity index (χ0n) is 18.9. The van der Waals surface area contributed by atoms with E-state index in [1.807, 2.05) is 36.4 Å². The van der Waals surface area contributed by atoms with Gasteiger partial charge >= 0.3 is 12.1 Å². The molecule has 0 unspecified atom stereocenters. The highest BCUT2D eigenvalue weighted by Gasteiger charge is 2.46. The van der Waals surface area contributed by atoms with Crippen molar-refractivity contribution in [2.24, 2.45) is 0 Å². The van der Waals surface area contributed by atoms with Gasteiger partial charge in [-0.25, -0.2) is 19.6 Å². The lowest BCUT2D eigenvalue weighted by atomic mass is 9.76. The Balaban J connectivity index is 1.20. The van der Waals surface area contributed by atoms with Crippen molar-refractivity contribution in [3.8, 4) is 11.1 Å². The summed E-state index contributed by atoms with van der Waals surface area (Å²) in [7, 11) is 0. The molecule has 1 saturated carbocycles. The van der Waals surface area contributed by atoms with Crippen LogP contribution in [0.3, 0.4) is 0 Å². The van der Waals surface area contributed by atoms with Crippen molar-refractivity contribution < 1.29 is 24.2 Å². The van der Waals surface area contributed by atoms with Crippen molar-refractivity contribution in [2.45, 2.75) is 37.3 Å². The first-order valence-electron chi connectivity index (χ1n) is 11.4. The van der Waals surface area contributed by atoms with Gasteiger partial charge in [-0.1, -0.05) is 48.5 Å². The van der Waals surface area contributed by atoms with Crippen LogP contribution < -0.4 is 10.6 Å². The number of carbonyl (C=O) groups excluding carboxylic acids is 2. The highest BCUT2D eigenvalue weighted by molar-refractivity contribution is 5.91. The molecule has 0 saturated heterocycles. The lowest BCUT2D eigenvalue weighted by Crippen LogP contribution is -2.62. The molecule has 2 aliphatic carbocycles. The molecule has 0 atom stereocenters. The van der Waals surface area contributed by atoms with Gasteiger partial charge in [-0.2, -0.15) is 0 Å². The second-order valence-electron chi connectivity index (χ2n) is 8.76. The van der Waals surface area contributed by atoms with Gasteiger partial charge < -0.3 is 20.5 Å². The van der Waals surface area contributed by atoms with E-state index in [1.165, 1.54) is 12.4 Å². The number of benzene rings is 2. The Morgan fingerprint density at radius 3 is 2.11 bits per heavy atom. The summed E-state index contributed by atoms with van der Waals surface area (Å²) >= 11 is 0. The van der Waals surface area contributed by atoms with Gasteiger partial charge in [0.25, 0.3) is 0 Å². The number of aromatic nitrogens is 2. The molecular formula is C26H24N4O5. The molecule has 0 bridgehead atoms. The average molecular weight is 473 g/mol. The number of nitrogens with zero attached hydrogens (tertiary/aromatic N) is 2. The fourth-order valence-corrected chi connectivity index (χ4v) is 4.65. The summed E-state index contributed by atoms with van der Waals surface area (Å²) in [5.41, 5.74) is 3.45. The molecule has 0 aliphatic heterocycles. The summed E-state index contributed by atoms with van der Waals surface area (Å²) in [5.74, 6) is -1.26. The van der Waals surface area contributed by atoms with Crippen molar-refractivity contribution >= 4 is 18.0 Å². The van der Waals surface area contributed by atoms with Crippen LogP contribution >= 0.6 is 0 Å². The maximum atomic E-state index is 12.9. The number of ether oxygens (including phenoxy) is 1. The SMILES string of the molecule is O=C(NC1(C(=O)NCc2ncc(C(=O)O)cn2)CCC1)OCC1c2ccccc2-c2ccccc21. The number of amides is 2. The molecule has 9 nitrogen and oxygen atoms in total. The first kappa shape index (κ1) is 22.5. The number of nitrogens with one attached hydrogen (secondary N) is 2. The fourth-order valence-electron chi connectivity index (χ4n) is 4.65. The summed E-state index contributed by atoms with van der Waals surface area (Å²) in [6, 6.07) is 16.2. The van der Waals surface area contributed by atoms with Crippen LogP contribution in [0.2, 0.25) is 0 Å². The van der Waals surface area contributed by atoms with E-state index in [1.54, 1.807) is 0 Å². The minimum Gasteiger partial charge on any atom is -0.478 e. The van der Waals surface area contributed by atoms with Gasteiger partial charge in [-0.3, -0.25) is 4.79 Å². The first-order valence-corrected chi connectivity index (χ1v) is 11.4. The van der Waals surface area contributed by atoms with Crippen molar-refractivity contribution in [3.05, 3.63) is 83.4 Å². The van der Waals surface area contributed by atoms with Crippen LogP contribution in [-0.2, 0) is 16.1 Å². The number of fused-ring (bicyclic) bond motifs is 3. The van der Waals surface area contributed by atoms with Gasteiger partial charge in [0.2, 0.25) is 5.91 Å². The van der Waals surface area contributed by atoms with Crippen molar-refractivity contribution in [1.29, 1.82) is 0 Å². The number of carboxylic acids is 1. The minimum absolute atomic E-state index is 0.0207. The smallest absolute Gasteiger partial charge is 0.408 e. The lowest BCUT2D eigenvalue weighted by molar-refractivity contribution is -0.131. The first-order chi connectivity index (χ1) is 17.0. The maximum Gasteiger partial charge on any atom is 0.408 e. The lowest BCUT2D eigenvalue weighted by Gasteiger charge is -2.40. The second-order valence-corrected chi connectivity index (χ2v) is 8.76. The second kappa shape index (κ2) is 9.17. The predicted molar refractivity (Wildman–Crippen MR) is 126 cm³/mol. The average Bonchev–Trinajstić information content (AvgIpc) is 3.17. The largest absolute Gasteiger partial charge is 0.478 e. The van der Waals surface area contributed by atoms with E-state index in [0.717, 1.165) is 28.7 Å². The summed E-state index contributed by atoms with van der Waals surface area (Å²) in [5, 5.41) is 14.4. The molecule has 3 aromatic rings. The predicted octanol–water partition coefficient (Wildman–Crippen LogP) is 3.25. The third-order valence-corrected chi connectivity index (χ3v) is 6.69. The van der Waals surface area contributed by atoms with Crippen LogP contribution in [0.5, 0.6) is 0 Å². The monoisotopic (exact) mass is 472 g/mol. The fraction of sp³-hybridized carbons (Fsp3) is 0.269. The molecule has 9 heteroatoms. The van der Waals surface area contributed by atoms with Gasteiger partial charge in [-0.15, -0.1) is 0 Å². The number of carboxylic acid groups (broad SMARTS) is 1. The van der Waals surface area contributed by atoms with Crippen LogP contribution in [0, 0.1) is 0 Å². The number of alkyl carbamates (subject to hydrolysis) is 1. The van der Waals surface area contributed by atoms with Crippen LogP contribution in [0.15, 0.2) is 60.9 Å². The van der Waals surface area contributed by atoms with E-state index < -0.39 is 17.6 Å². The molecule has 2 amide bonds. The number of hydrogen-bond acceptors (Lipinski definition) is 6. The van der Waals surface area contributed by atoms with Crippen LogP contribution in [0.1, 0.15) is 52.5 Å². The molecule has 1 aromatic heterocycles. The quantitative estimate of drug-likeness (QED) is 0.481. The number of carbonyl (C=O) groups is 3. The molecule has 2 aliphatic rings.